The van der Waals surface area contributed by atoms with Gasteiger partial charge in [-0.2, -0.15) is 0 Å². The molecule has 1 amide bonds. The van der Waals surface area contributed by atoms with Crippen LogP contribution in [0.25, 0.3) is 0 Å². The first-order chi connectivity index (χ1) is 9.00. The van der Waals surface area contributed by atoms with Crippen molar-refractivity contribution >= 4 is 17.5 Å². The lowest BCUT2D eigenvalue weighted by Gasteiger charge is -2.32. The maximum atomic E-state index is 12.6. The molecule has 0 bridgehead atoms. The van der Waals surface area contributed by atoms with E-state index in [4.69, 9.17) is 17.3 Å². The van der Waals surface area contributed by atoms with E-state index in [-0.39, 0.29) is 11.9 Å². The summed E-state index contributed by atoms with van der Waals surface area (Å²) in [6, 6.07) is 7.51. The highest BCUT2D eigenvalue weighted by molar-refractivity contribution is 6.30. The summed E-state index contributed by atoms with van der Waals surface area (Å²) in [5.74, 6) is 0.0396. The standard InChI is InChI=1S/C15H23ClN2O/c1-4-15(5-2,14(19)18-11(3)10-17)12-6-8-13(16)9-7-12/h6-9,11H,4-5,10,17H2,1-3H3,(H,18,19)/t11-/m0/s1. The number of rotatable bonds is 6. The number of halogens is 1. The summed E-state index contributed by atoms with van der Waals surface area (Å²) in [5.41, 5.74) is 6.07. The molecule has 0 aliphatic rings. The molecule has 0 unspecified atom stereocenters. The van der Waals surface area contributed by atoms with Crippen molar-refractivity contribution in [3.8, 4) is 0 Å². The number of carbonyl (C=O) groups excluding carboxylic acids is 1. The van der Waals surface area contributed by atoms with Gasteiger partial charge in [0.2, 0.25) is 5.91 Å². The molecule has 0 fully saturated rings. The fourth-order valence-electron chi connectivity index (χ4n) is 2.30. The smallest absolute Gasteiger partial charge is 0.230 e. The van der Waals surface area contributed by atoms with Crippen molar-refractivity contribution in [3.63, 3.8) is 0 Å². The molecule has 0 aliphatic heterocycles. The Bertz CT molecular complexity index is 413. The highest BCUT2D eigenvalue weighted by Crippen LogP contribution is 2.32. The van der Waals surface area contributed by atoms with Crippen molar-refractivity contribution in [2.75, 3.05) is 6.54 Å². The van der Waals surface area contributed by atoms with Gasteiger partial charge in [-0.25, -0.2) is 0 Å². The minimum atomic E-state index is -0.506. The fourth-order valence-corrected chi connectivity index (χ4v) is 2.43. The summed E-state index contributed by atoms with van der Waals surface area (Å²) >= 11 is 5.92. The molecule has 1 rings (SSSR count). The molecule has 0 spiro atoms. The minimum absolute atomic E-state index is 0.0164. The predicted octanol–water partition coefficient (Wildman–Crippen LogP) is 2.86. The van der Waals surface area contributed by atoms with E-state index in [1.54, 1.807) is 0 Å². The average molecular weight is 283 g/mol. The highest BCUT2D eigenvalue weighted by atomic mass is 35.5. The second kappa shape index (κ2) is 6.92. The van der Waals surface area contributed by atoms with Crippen LogP contribution in [0.15, 0.2) is 24.3 Å². The van der Waals surface area contributed by atoms with Gasteiger partial charge in [0.05, 0.1) is 5.41 Å². The van der Waals surface area contributed by atoms with Crippen LogP contribution in [0.1, 0.15) is 39.2 Å². The van der Waals surface area contributed by atoms with Crippen molar-refractivity contribution in [3.05, 3.63) is 34.9 Å². The SMILES string of the molecule is CCC(CC)(C(=O)N[C@@H](C)CN)c1ccc(Cl)cc1. The lowest BCUT2D eigenvalue weighted by atomic mass is 9.75. The van der Waals surface area contributed by atoms with Gasteiger partial charge in [0.1, 0.15) is 0 Å². The van der Waals surface area contributed by atoms with E-state index in [2.05, 4.69) is 5.32 Å². The van der Waals surface area contributed by atoms with Crippen LogP contribution < -0.4 is 11.1 Å². The van der Waals surface area contributed by atoms with Crippen LogP contribution in [-0.4, -0.2) is 18.5 Å². The maximum absolute atomic E-state index is 12.6. The first-order valence-corrected chi connectivity index (χ1v) is 7.15. The second-order valence-electron chi connectivity index (χ2n) is 4.91. The summed E-state index contributed by atoms with van der Waals surface area (Å²) in [7, 11) is 0. The Labute approximate surface area is 120 Å². The molecule has 0 saturated carbocycles. The number of benzene rings is 1. The zero-order chi connectivity index (χ0) is 14.5. The molecule has 0 radical (unpaired) electrons. The van der Waals surface area contributed by atoms with Gasteiger partial charge in [0, 0.05) is 17.6 Å². The second-order valence-corrected chi connectivity index (χ2v) is 5.34. The Morgan fingerprint density at radius 3 is 2.26 bits per heavy atom. The highest BCUT2D eigenvalue weighted by Gasteiger charge is 2.37. The van der Waals surface area contributed by atoms with Crippen LogP contribution in [-0.2, 0) is 10.2 Å². The number of nitrogens with two attached hydrogens (primary N) is 1. The summed E-state index contributed by atoms with van der Waals surface area (Å²) in [4.78, 5) is 12.6. The van der Waals surface area contributed by atoms with Gasteiger partial charge in [-0.15, -0.1) is 0 Å². The van der Waals surface area contributed by atoms with Gasteiger partial charge in [0.25, 0.3) is 0 Å². The predicted molar refractivity (Wildman–Crippen MR) is 80.4 cm³/mol. The number of carbonyl (C=O) groups is 1. The first-order valence-electron chi connectivity index (χ1n) is 6.77. The summed E-state index contributed by atoms with van der Waals surface area (Å²) in [5, 5.41) is 3.67. The third-order valence-corrected chi connectivity index (χ3v) is 4.02. The van der Waals surface area contributed by atoms with Crippen LogP contribution in [0.2, 0.25) is 5.02 Å². The molecular formula is C15H23ClN2O. The Balaban J connectivity index is 3.09. The van der Waals surface area contributed by atoms with E-state index >= 15 is 0 Å². The van der Waals surface area contributed by atoms with Crippen LogP contribution >= 0.6 is 11.6 Å². The van der Waals surface area contributed by atoms with E-state index in [9.17, 15) is 4.79 Å². The zero-order valence-electron chi connectivity index (χ0n) is 11.9. The molecule has 19 heavy (non-hydrogen) atoms. The Morgan fingerprint density at radius 1 is 1.32 bits per heavy atom. The summed E-state index contributed by atoms with van der Waals surface area (Å²) < 4.78 is 0. The topological polar surface area (TPSA) is 55.1 Å². The Hall–Kier alpha value is -1.06. The molecular weight excluding hydrogens is 260 g/mol. The maximum Gasteiger partial charge on any atom is 0.230 e. The number of nitrogens with one attached hydrogen (secondary N) is 1. The van der Waals surface area contributed by atoms with Crippen LogP contribution in [0.4, 0.5) is 0 Å². The molecule has 3 N–H and O–H groups in total. The largest absolute Gasteiger partial charge is 0.352 e. The van der Waals surface area contributed by atoms with Gasteiger partial charge in [-0.3, -0.25) is 4.79 Å². The van der Waals surface area contributed by atoms with E-state index in [0.29, 0.717) is 11.6 Å². The fraction of sp³-hybridized carbons (Fsp3) is 0.533. The first kappa shape index (κ1) is 16.0. The van der Waals surface area contributed by atoms with Crippen molar-refractivity contribution in [2.24, 2.45) is 5.73 Å². The average Bonchev–Trinajstić information content (AvgIpc) is 2.42. The lowest BCUT2D eigenvalue weighted by molar-refractivity contribution is -0.127. The van der Waals surface area contributed by atoms with Crippen LogP contribution in [0.5, 0.6) is 0 Å². The van der Waals surface area contributed by atoms with Crippen molar-refractivity contribution in [1.82, 2.24) is 5.32 Å². The number of hydrogen-bond donors (Lipinski definition) is 2. The molecule has 106 valence electrons. The third-order valence-electron chi connectivity index (χ3n) is 3.77. The normalized spacial score (nSPS) is 13.1. The monoisotopic (exact) mass is 282 g/mol. The van der Waals surface area contributed by atoms with Crippen molar-refractivity contribution < 1.29 is 4.79 Å². The molecule has 0 heterocycles. The van der Waals surface area contributed by atoms with Crippen molar-refractivity contribution in [2.45, 2.75) is 45.1 Å². The molecule has 1 aromatic carbocycles. The molecule has 0 aromatic heterocycles. The minimum Gasteiger partial charge on any atom is -0.352 e. The van der Waals surface area contributed by atoms with Gasteiger partial charge >= 0.3 is 0 Å². The summed E-state index contributed by atoms with van der Waals surface area (Å²) in [6.45, 7) is 6.42. The van der Waals surface area contributed by atoms with Gasteiger partial charge in [0.15, 0.2) is 0 Å². The van der Waals surface area contributed by atoms with Gasteiger partial charge in [-0.1, -0.05) is 37.6 Å². The van der Waals surface area contributed by atoms with Gasteiger partial charge in [-0.05, 0) is 37.5 Å². The molecule has 1 atom stereocenters. The number of amides is 1. The Kier molecular flexibility index (Phi) is 5.83. The Morgan fingerprint density at radius 2 is 1.84 bits per heavy atom. The van der Waals surface area contributed by atoms with E-state index in [1.165, 1.54) is 0 Å². The zero-order valence-corrected chi connectivity index (χ0v) is 12.6. The molecule has 1 aromatic rings. The molecule has 0 aliphatic carbocycles. The molecule has 4 heteroatoms. The number of hydrogen-bond acceptors (Lipinski definition) is 2. The van der Waals surface area contributed by atoms with Gasteiger partial charge < -0.3 is 11.1 Å². The summed E-state index contributed by atoms with van der Waals surface area (Å²) in [6.07, 6.45) is 1.49. The third kappa shape index (κ3) is 3.48. The molecule has 3 nitrogen and oxygen atoms in total. The van der Waals surface area contributed by atoms with E-state index < -0.39 is 5.41 Å². The van der Waals surface area contributed by atoms with Crippen LogP contribution in [0.3, 0.4) is 0 Å². The van der Waals surface area contributed by atoms with Crippen LogP contribution in [0, 0.1) is 0 Å². The quantitative estimate of drug-likeness (QED) is 0.843. The van der Waals surface area contributed by atoms with E-state index in [0.717, 1.165) is 18.4 Å². The lowest BCUT2D eigenvalue weighted by Crippen LogP contribution is -2.49. The molecule has 0 saturated heterocycles. The van der Waals surface area contributed by atoms with E-state index in [1.807, 2.05) is 45.0 Å². The van der Waals surface area contributed by atoms with Crippen molar-refractivity contribution in [1.29, 1.82) is 0 Å².